The molecule has 0 radical (unpaired) electrons. The van der Waals surface area contributed by atoms with Crippen molar-refractivity contribution in [2.24, 2.45) is 5.92 Å². The number of hydrogen-bond donors (Lipinski definition) is 1. The van der Waals surface area contributed by atoms with Gasteiger partial charge in [-0.05, 0) is 37.0 Å². The summed E-state index contributed by atoms with van der Waals surface area (Å²) in [4.78, 5) is 11.2. The number of ether oxygens (including phenoxy) is 1. The predicted molar refractivity (Wildman–Crippen MR) is 68.2 cm³/mol. The summed E-state index contributed by atoms with van der Waals surface area (Å²) in [6.07, 6.45) is 0. The zero-order valence-electron chi connectivity index (χ0n) is 10.5. The van der Waals surface area contributed by atoms with E-state index in [2.05, 4.69) is 0 Å². The Morgan fingerprint density at radius 2 is 2.06 bits per heavy atom. The third-order valence-corrected chi connectivity index (χ3v) is 3.01. The largest absolute Gasteiger partial charge is 0.492 e. The molecule has 1 aromatic rings. The first-order valence-electron chi connectivity index (χ1n) is 5.50. The molecular formula is C13H17ClO3. The lowest BCUT2D eigenvalue weighted by Gasteiger charge is -2.15. The number of halogens is 1. The number of aromatic carboxylic acids is 1. The summed E-state index contributed by atoms with van der Waals surface area (Å²) < 4.78 is 5.54. The van der Waals surface area contributed by atoms with Gasteiger partial charge in [0.2, 0.25) is 0 Å². The Balaban J connectivity index is 3.23. The fourth-order valence-corrected chi connectivity index (χ4v) is 1.71. The molecule has 0 aromatic heterocycles. The second-order valence-electron chi connectivity index (χ2n) is 4.52. The predicted octanol–water partition coefficient (Wildman–Crippen LogP) is 3.69. The number of carboxylic acids is 1. The number of benzene rings is 1. The maximum atomic E-state index is 11.2. The maximum Gasteiger partial charge on any atom is 0.339 e. The first-order valence-corrected chi connectivity index (χ1v) is 5.88. The molecule has 0 fully saturated rings. The molecule has 1 aromatic carbocycles. The second kappa shape index (κ2) is 5.41. The lowest BCUT2D eigenvalue weighted by atomic mass is 10.0. The van der Waals surface area contributed by atoms with Crippen LogP contribution >= 0.6 is 11.6 Å². The molecule has 0 saturated heterocycles. The molecule has 94 valence electrons. The average Bonchev–Trinajstić information content (AvgIpc) is 2.22. The molecular weight excluding hydrogens is 240 g/mol. The highest BCUT2D eigenvalue weighted by Gasteiger charge is 2.19. The van der Waals surface area contributed by atoms with E-state index in [-0.39, 0.29) is 5.56 Å². The van der Waals surface area contributed by atoms with Gasteiger partial charge in [-0.2, -0.15) is 0 Å². The van der Waals surface area contributed by atoms with E-state index in [9.17, 15) is 9.90 Å². The van der Waals surface area contributed by atoms with Gasteiger partial charge in [0.25, 0.3) is 0 Å². The molecule has 0 heterocycles. The summed E-state index contributed by atoms with van der Waals surface area (Å²) in [6.45, 7) is 8.04. The Morgan fingerprint density at radius 3 is 2.53 bits per heavy atom. The maximum absolute atomic E-state index is 11.2. The van der Waals surface area contributed by atoms with Crippen molar-refractivity contribution in [2.75, 3.05) is 6.61 Å². The third kappa shape index (κ3) is 3.13. The first-order chi connectivity index (χ1) is 7.84. The van der Waals surface area contributed by atoms with Crippen LogP contribution in [0.15, 0.2) is 6.07 Å². The molecule has 0 aliphatic heterocycles. The Kier molecular flexibility index (Phi) is 4.40. The Bertz CT molecular complexity index is 439. The lowest BCUT2D eigenvalue weighted by Crippen LogP contribution is -2.10. The molecule has 1 rings (SSSR count). The number of rotatable bonds is 4. The van der Waals surface area contributed by atoms with Crippen LogP contribution in [0.1, 0.15) is 35.3 Å². The van der Waals surface area contributed by atoms with E-state index in [1.165, 1.54) is 0 Å². The van der Waals surface area contributed by atoms with Gasteiger partial charge in [0.1, 0.15) is 11.3 Å². The summed E-state index contributed by atoms with van der Waals surface area (Å²) in [5.74, 6) is -0.276. The van der Waals surface area contributed by atoms with Gasteiger partial charge in [-0.3, -0.25) is 0 Å². The fraction of sp³-hybridized carbons (Fsp3) is 0.462. The van der Waals surface area contributed by atoms with Crippen molar-refractivity contribution < 1.29 is 14.6 Å². The van der Waals surface area contributed by atoms with Crippen LogP contribution in [0.4, 0.5) is 0 Å². The zero-order chi connectivity index (χ0) is 13.2. The van der Waals surface area contributed by atoms with E-state index in [1.54, 1.807) is 13.0 Å². The topological polar surface area (TPSA) is 46.5 Å². The number of aryl methyl sites for hydroxylation is 1. The minimum absolute atomic E-state index is 0.154. The molecule has 0 atom stereocenters. The third-order valence-electron chi connectivity index (χ3n) is 2.43. The summed E-state index contributed by atoms with van der Waals surface area (Å²) in [5, 5.41) is 9.67. The Labute approximate surface area is 106 Å². The first kappa shape index (κ1) is 13.8. The van der Waals surface area contributed by atoms with Crippen LogP contribution < -0.4 is 4.74 Å². The molecule has 0 bridgehead atoms. The molecule has 0 aliphatic carbocycles. The van der Waals surface area contributed by atoms with E-state index >= 15 is 0 Å². The Hall–Kier alpha value is -1.22. The monoisotopic (exact) mass is 256 g/mol. The zero-order valence-corrected chi connectivity index (χ0v) is 11.3. The fourth-order valence-electron chi connectivity index (χ4n) is 1.56. The SMILES string of the molecule is Cc1cc(OCC(C)C)c(C(=O)O)c(C)c1Cl. The highest BCUT2D eigenvalue weighted by atomic mass is 35.5. The lowest BCUT2D eigenvalue weighted by molar-refractivity contribution is 0.0690. The number of carbonyl (C=O) groups is 1. The Morgan fingerprint density at radius 1 is 1.47 bits per heavy atom. The summed E-state index contributed by atoms with van der Waals surface area (Å²) in [5.41, 5.74) is 1.53. The van der Waals surface area contributed by atoms with Gasteiger partial charge >= 0.3 is 5.97 Å². The molecule has 1 N–H and O–H groups in total. The standard InChI is InChI=1S/C13H17ClO3/c1-7(2)6-17-10-5-8(3)12(14)9(4)11(10)13(15)16/h5,7H,6H2,1-4H3,(H,15,16). The summed E-state index contributed by atoms with van der Waals surface area (Å²) in [7, 11) is 0. The van der Waals surface area contributed by atoms with E-state index in [1.807, 2.05) is 20.8 Å². The molecule has 0 saturated carbocycles. The quantitative estimate of drug-likeness (QED) is 0.894. The second-order valence-corrected chi connectivity index (χ2v) is 4.89. The highest BCUT2D eigenvalue weighted by Crippen LogP contribution is 2.31. The highest BCUT2D eigenvalue weighted by molar-refractivity contribution is 6.32. The van der Waals surface area contributed by atoms with Crippen LogP contribution in [-0.2, 0) is 0 Å². The van der Waals surface area contributed by atoms with Gasteiger partial charge in [0, 0.05) is 5.02 Å². The smallest absolute Gasteiger partial charge is 0.339 e. The van der Waals surface area contributed by atoms with Crippen LogP contribution in [0, 0.1) is 19.8 Å². The van der Waals surface area contributed by atoms with Crippen LogP contribution in [-0.4, -0.2) is 17.7 Å². The normalized spacial score (nSPS) is 10.7. The molecule has 0 amide bonds. The van der Waals surface area contributed by atoms with E-state index in [0.29, 0.717) is 28.9 Å². The minimum atomic E-state index is -1.01. The molecule has 0 spiro atoms. The average molecular weight is 257 g/mol. The van der Waals surface area contributed by atoms with E-state index in [4.69, 9.17) is 16.3 Å². The van der Waals surface area contributed by atoms with Crippen molar-refractivity contribution in [2.45, 2.75) is 27.7 Å². The van der Waals surface area contributed by atoms with Gasteiger partial charge in [-0.1, -0.05) is 25.4 Å². The van der Waals surface area contributed by atoms with Crippen LogP contribution in [0.25, 0.3) is 0 Å². The van der Waals surface area contributed by atoms with Gasteiger partial charge in [-0.25, -0.2) is 4.79 Å². The van der Waals surface area contributed by atoms with E-state index < -0.39 is 5.97 Å². The minimum Gasteiger partial charge on any atom is -0.492 e. The van der Waals surface area contributed by atoms with Gasteiger partial charge in [0.05, 0.1) is 6.61 Å². The van der Waals surface area contributed by atoms with Gasteiger partial charge < -0.3 is 9.84 Å². The number of carboxylic acid groups (broad SMARTS) is 1. The summed E-state index contributed by atoms with van der Waals surface area (Å²) in [6, 6.07) is 1.68. The van der Waals surface area contributed by atoms with Crippen molar-refractivity contribution in [3.63, 3.8) is 0 Å². The molecule has 17 heavy (non-hydrogen) atoms. The van der Waals surface area contributed by atoms with E-state index in [0.717, 1.165) is 5.56 Å². The van der Waals surface area contributed by atoms with Crippen molar-refractivity contribution in [3.05, 3.63) is 27.8 Å². The summed E-state index contributed by atoms with van der Waals surface area (Å²) >= 11 is 6.04. The molecule has 4 heteroatoms. The molecule has 0 aliphatic rings. The number of hydrogen-bond acceptors (Lipinski definition) is 2. The van der Waals surface area contributed by atoms with Gasteiger partial charge in [-0.15, -0.1) is 0 Å². The molecule has 3 nitrogen and oxygen atoms in total. The van der Waals surface area contributed by atoms with Crippen LogP contribution in [0.5, 0.6) is 5.75 Å². The van der Waals surface area contributed by atoms with Crippen molar-refractivity contribution in [3.8, 4) is 5.75 Å². The van der Waals surface area contributed by atoms with Crippen LogP contribution in [0.2, 0.25) is 5.02 Å². The van der Waals surface area contributed by atoms with Crippen molar-refractivity contribution in [1.82, 2.24) is 0 Å². The van der Waals surface area contributed by atoms with Gasteiger partial charge in [0.15, 0.2) is 0 Å². The van der Waals surface area contributed by atoms with Crippen LogP contribution in [0.3, 0.4) is 0 Å². The van der Waals surface area contributed by atoms with Crippen molar-refractivity contribution >= 4 is 17.6 Å². The van der Waals surface area contributed by atoms with Crippen molar-refractivity contribution in [1.29, 1.82) is 0 Å². The molecule has 0 unspecified atom stereocenters.